The third-order valence-corrected chi connectivity index (χ3v) is 3.91. The molecule has 0 saturated carbocycles. The second-order valence-electron chi connectivity index (χ2n) is 5.27. The molecule has 2 aromatic rings. The highest BCUT2D eigenvalue weighted by Gasteiger charge is 2.16. The first-order valence-corrected chi connectivity index (χ1v) is 7.51. The number of rotatable bonds is 6. The summed E-state index contributed by atoms with van der Waals surface area (Å²) < 4.78 is 24.1. The van der Waals surface area contributed by atoms with Crippen molar-refractivity contribution in [3.8, 4) is 17.6 Å². The standard InChI is InChI=1S/C19H20FNO2/c1-4-13-9-14(5-7-18(13)22-2)16(12-21)10-15-11-17(20)6-8-19(15)23-3/h5-9,11,16H,4,10H2,1-3H3. The molecule has 4 heteroatoms. The molecule has 0 aliphatic heterocycles. The van der Waals surface area contributed by atoms with Gasteiger partial charge in [0.1, 0.15) is 17.3 Å². The highest BCUT2D eigenvalue weighted by molar-refractivity contribution is 5.42. The minimum atomic E-state index is -0.373. The number of hydrogen-bond donors (Lipinski definition) is 0. The van der Waals surface area contributed by atoms with Gasteiger partial charge in [-0.25, -0.2) is 4.39 Å². The summed E-state index contributed by atoms with van der Waals surface area (Å²) in [5, 5.41) is 9.55. The fraction of sp³-hybridized carbons (Fsp3) is 0.316. The summed E-state index contributed by atoms with van der Waals surface area (Å²) in [7, 11) is 3.17. The zero-order chi connectivity index (χ0) is 16.8. The minimum absolute atomic E-state index is 0.332. The molecule has 0 fully saturated rings. The van der Waals surface area contributed by atoms with Crippen LogP contribution < -0.4 is 9.47 Å². The SMILES string of the molecule is CCc1cc(C(C#N)Cc2cc(F)ccc2OC)ccc1OC. The van der Waals surface area contributed by atoms with Crippen molar-refractivity contribution in [2.75, 3.05) is 14.2 Å². The fourth-order valence-corrected chi connectivity index (χ4v) is 2.66. The van der Waals surface area contributed by atoms with E-state index in [1.54, 1.807) is 20.3 Å². The van der Waals surface area contributed by atoms with Crippen LogP contribution in [0.1, 0.15) is 29.5 Å². The molecular weight excluding hydrogens is 293 g/mol. The predicted molar refractivity (Wildman–Crippen MR) is 87.4 cm³/mol. The van der Waals surface area contributed by atoms with Crippen LogP contribution in [0.25, 0.3) is 0 Å². The van der Waals surface area contributed by atoms with Crippen molar-refractivity contribution in [1.29, 1.82) is 5.26 Å². The number of hydrogen-bond acceptors (Lipinski definition) is 3. The third-order valence-electron chi connectivity index (χ3n) is 3.91. The Balaban J connectivity index is 2.34. The van der Waals surface area contributed by atoms with Crippen LogP contribution in [0.4, 0.5) is 4.39 Å². The quantitative estimate of drug-likeness (QED) is 0.800. The molecule has 0 bridgehead atoms. The number of methoxy groups -OCH3 is 2. The topological polar surface area (TPSA) is 42.2 Å². The predicted octanol–water partition coefficient (Wildman–Crippen LogP) is 4.26. The fourth-order valence-electron chi connectivity index (χ4n) is 2.66. The van der Waals surface area contributed by atoms with Gasteiger partial charge in [-0.15, -0.1) is 0 Å². The first kappa shape index (κ1) is 16.8. The Labute approximate surface area is 136 Å². The molecule has 0 amide bonds. The van der Waals surface area contributed by atoms with Crippen molar-refractivity contribution in [2.45, 2.75) is 25.7 Å². The number of nitriles is 1. The summed E-state index contributed by atoms with van der Waals surface area (Å²) in [6.07, 6.45) is 1.21. The Hall–Kier alpha value is -2.54. The van der Waals surface area contributed by atoms with E-state index in [1.807, 2.05) is 25.1 Å². The molecule has 0 aromatic heterocycles. The lowest BCUT2D eigenvalue weighted by atomic mass is 9.91. The van der Waals surface area contributed by atoms with E-state index in [0.29, 0.717) is 17.7 Å². The molecule has 0 N–H and O–H groups in total. The molecule has 0 heterocycles. The smallest absolute Gasteiger partial charge is 0.123 e. The van der Waals surface area contributed by atoms with Gasteiger partial charge in [0, 0.05) is 0 Å². The Morgan fingerprint density at radius 3 is 2.30 bits per heavy atom. The van der Waals surface area contributed by atoms with Gasteiger partial charge in [-0.3, -0.25) is 0 Å². The van der Waals surface area contributed by atoms with Gasteiger partial charge in [-0.05, 0) is 53.8 Å². The lowest BCUT2D eigenvalue weighted by Gasteiger charge is -2.15. The average molecular weight is 313 g/mol. The molecule has 120 valence electrons. The molecule has 23 heavy (non-hydrogen) atoms. The summed E-state index contributed by atoms with van der Waals surface area (Å²) in [5.41, 5.74) is 2.64. The van der Waals surface area contributed by atoms with E-state index >= 15 is 0 Å². The van der Waals surface area contributed by atoms with Crippen LogP contribution in [0.3, 0.4) is 0 Å². The van der Waals surface area contributed by atoms with Gasteiger partial charge in [0.15, 0.2) is 0 Å². The van der Waals surface area contributed by atoms with Crippen LogP contribution in [-0.4, -0.2) is 14.2 Å². The van der Waals surface area contributed by atoms with E-state index in [2.05, 4.69) is 6.07 Å². The normalized spacial score (nSPS) is 11.6. The van der Waals surface area contributed by atoms with Gasteiger partial charge in [0.05, 0.1) is 26.2 Å². The van der Waals surface area contributed by atoms with E-state index < -0.39 is 0 Å². The molecule has 0 aliphatic carbocycles. The number of ether oxygens (including phenoxy) is 2. The molecule has 0 aliphatic rings. The van der Waals surface area contributed by atoms with E-state index in [-0.39, 0.29) is 11.7 Å². The minimum Gasteiger partial charge on any atom is -0.496 e. The highest BCUT2D eigenvalue weighted by atomic mass is 19.1. The maximum atomic E-state index is 13.5. The second-order valence-corrected chi connectivity index (χ2v) is 5.27. The van der Waals surface area contributed by atoms with Crippen molar-refractivity contribution in [2.24, 2.45) is 0 Å². The van der Waals surface area contributed by atoms with E-state index in [0.717, 1.165) is 23.3 Å². The van der Waals surface area contributed by atoms with Crippen molar-refractivity contribution < 1.29 is 13.9 Å². The second kappa shape index (κ2) is 7.64. The molecule has 1 unspecified atom stereocenters. The molecule has 1 atom stereocenters. The van der Waals surface area contributed by atoms with Crippen LogP contribution in [0.15, 0.2) is 36.4 Å². The Bertz CT molecular complexity index is 722. The molecular formula is C19H20FNO2. The summed E-state index contributed by atoms with van der Waals surface area (Å²) >= 11 is 0. The summed E-state index contributed by atoms with van der Waals surface area (Å²) in [6, 6.07) is 12.4. The Morgan fingerprint density at radius 1 is 1.04 bits per heavy atom. The molecule has 2 rings (SSSR count). The number of aryl methyl sites for hydroxylation is 1. The van der Waals surface area contributed by atoms with Gasteiger partial charge in [0.25, 0.3) is 0 Å². The van der Waals surface area contributed by atoms with Crippen LogP contribution in [0, 0.1) is 17.1 Å². The van der Waals surface area contributed by atoms with Crippen molar-refractivity contribution >= 4 is 0 Å². The largest absolute Gasteiger partial charge is 0.496 e. The molecule has 3 nitrogen and oxygen atoms in total. The lowest BCUT2D eigenvalue weighted by Crippen LogP contribution is -2.04. The van der Waals surface area contributed by atoms with Gasteiger partial charge in [0.2, 0.25) is 0 Å². The van der Waals surface area contributed by atoms with Gasteiger partial charge in [-0.1, -0.05) is 19.1 Å². The first-order valence-electron chi connectivity index (χ1n) is 7.51. The zero-order valence-electron chi connectivity index (χ0n) is 13.6. The van der Waals surface area contributed by atoms with Crippen molar-refractivity contribution in [1.82, 2.24) is 0 Å². The lowest BCUT2D eigenvalue weighted by molar-refractivity contribution is 0.407. The van der Waals surface area contributed by atoms with E-state index in [9.17, 15) is 9.65 Å². The van der Waals surface area contributed by atoms with Crippen molar-refractivity contribution in [3.05, 3.63) is 58.9 Å². The Morgan fingerprint density at radius 2 is 1.70 bits per heavy atom. The van der Waals surface area contributed by atoms with Gasteiger partial charge < -0.3 is 9.47 Å². The van der Waals surface area contributed by atoms with E-state index in [4.69, 9.17) is 9.47 Å². The summed E-state index contributed by atoms with van der Waals surface area (Å²) in [6.45, 7) is 2.04. The van der Waals surface area contributed by atoms with E-state index in [1.165, 1.54) is 12.1 Å². The summed E-state index contributed by atoms with van der Waals surface area (Å²) in [5.74, 6) is 0.704. The summed E-state index contributed by atoms with van der Waals surface area (Å²) in [4.78, 5) is 0. The molecule has 2 aromatic carbocycles. The Kier molecular flexibility index (Phi) is 5.59. The van der Waals surface area contributed by atoms with Crippen molar-refractivity contribution in [3.63, 3.8) is 0 Å². The number of benzene rings is 2. The zero-order valence-corrected chi connectivity index (χ0v) is 13.6. The van der Waals surface area contributed by atoms with Crippen LogP contribution in [-0.2, 0) is 12.8 Å². The monoisotopic (exact) mass is 313 g/mol. The van der Waals surface area contributed by atoms with Crippen LogP contribution in [0.5, 0.6) is 11.5 Å². The molecule has 0 saturated heterocycles. The average Bonchev–Trinajstić information content (AvgIpc) is 2.59. The highest BCUT2D eigenvalue weighted by Crippen LogP contribution is 2.30. The molecule has 0 radical (unpaired) electrons. The first-order chi connectivity index (χ1) is 11.1. The van der Waals surface area contributed by atoms with Crippen LogP contribution >= 0.6 is 0 Å². The number of halogens is 1. The third kappa shape index (κ3) is 3.81. The number of nitrogens with zero attached hydrogens (tertiary/aromatic N) is 1. The van der Waals surface area contributed by atoms with Gasteiger partial charge in [-0.2, -0.15) is 5.26 Å². The maximum absolute atomic E-state index is 13.5. The molecule has 0 spiro atoms. The van der Waals surface area contributed by atoms with Crippen LogP contribution in [0.2, 0.25) is 0 Å². The van der Waals surface area contributed by atoms with Gasteiger partial charge >= 0.3 is 0 Å². The maximum Gasteiger partial charge on any atom is 0.123 e.